The summed E-state index contributed by atoms with van der Waals surface area (Å²) in [4.78, 5) is 4.09. The monoisotopic (exact) mass is 276 g/mol. The molecule has 0 bridgehead atoms. The molecule has 0 spiro atoms. The van der Waals surface area contributed by atoms with Crippen LogP contribution in [0.25, 0.3) is 0 Å². The van der Waals surface area contributed by atoms with Crippen molar-refractivity contribution in [1.82, 2.24) is 4.98 Å². The first-order chi connectivity index (χ1) is 8.86. The molecule has 0 amide bonds. The Morgan fingerprint density at radius 3 is 2.58 bits per heavy atom. The van der Waals surface area contributed by atoms with Crippen molar-refractivity contribution in [3.63, 3.8) is 0 Å². The van der Waals surface area contributed by atoms with Crippen LogP contribution < -0.4 is 10.5 Å². The number of anilines is 1. The second-order valence-corrected chi connectivity index (χ2v) is 5.84. The highest BCUT2D eigenvalue weighted by molar-refractivity contribution is 6.32. The van der Waals surface area contributed by atoms with Crippen LogP contribution in [0.3, 0.4) is 0 Å². The standard InChI is InChI=1S/C15H17ClN2O/c1-15(2,3)10-5-4-6-12(7-10)19-14-13(16)8-11(17)9-18-14/h4-9H,17H2,1-3H3. The molecule has 0 saturated heterocycles. The zero-order valence-corrected chi connectivity index (χ0v) is 12.0. The Hall–Kier alpha value is -1.74. The molecule has 0 fully saturated rings. The minimum atomic E-state index is 0.0672. The van der Waals surface area contributed by atoms with Crippen LogP contribution in [0.5, 0.6) is 11.6 Å². The Morgan fingerprint density at radius 2 is 1.95 bits per heavy atom. The summed E-state index contributed by atoms with van der Waals surface area (Å²) in [6, 6.07) is 9.53. The topological polar surface area (TPSA) is 48.1 Å². The lowest BCUT2D eigenvalue weighted by atomic mass is 9.87. The van der Waals surface area contributed by atoms with Crippen LogP contribution in [-0.4, -0.2) is 4.98 Å². The number of hydrogen-bond acceptors (Lipinski definition) is 3. The highest BCUT2D eigenvalue weighted by Crippen LogP contribution is 2.31. The van der Waals surface area contributed by atoms with Crippen LogP contribution in [0, 0.1) is 0 Å². The third-order valence-corrected chi connectivity index (χ3v) is 3.01. The van der Waals surface area contributed by atoms with Gasteiger partial charge in [0.05, 0.1) is 11.9 Å². The van der Waals surface area contributed by atoms with Gasteiger partial charge in [-0.3, -0.25) is 0 Å². The second-order valence-electron chi connectivity index (χ2n) is 5.44. The number of nitrogen functional groups attached to an aromatic ring is 1. The van der Waals surface area contributed by atoms with Crippen molar-refractivity contribution < 1.29 is 4.74 Å². The van der Waals surface area contributed by atoms with E-state index in [1.165, 1.54) is 11.8 Å². The van der Waals surface area contributed by atoms with Gasteiger partial charge in [-0.1, -0.05) is 44.5 Å². The van der Waals surface area contributed by atoms with Gasteiger partial charge in [-0.05, 0) is 29.2 Å². The highest BCUT2D eigenvalue weighted by Gasteiger charge is 2.14. The SMILES string of the molecule is CC(C)(C)c1cccc(Oc2ncc(N)cc2Cl)c1. The number of ether oxygens (including phenoxy) is 1. The molecule has 2 aromatic rings. The second kappa shape index (κ2) is 5.10. The zero-order chi connectivity index (χ0) is 14.0. The van der Waals surface area contributed by atoms with Gasteiger partial charge in [-0.25, -0.2) is 4.98 Å². The summed E-state index contributed by atoms with van der Waals surface area (Å²) in [5, 5.41) is 0.404. The van der Waals surface area contributed by atoms with Crippen LogP contribution in [0.2, 0.25) is 5.02 Å². The number of hydrogen-bond donors (Lipinski definition) is 1. The van der Waals surface area contributed by atoms with Gasteiger partial charge in [-0.15, -0.1) is 0 Å². The summed E-state index contributed by atoms with van der Waals surface area (Å²) >= 11 is 6.04. The molecule has 1 aromatic carbocycles. The molecule has 0 aliphatic carbocycles. The van der Waals surface area contributed by atoms with Gasteiger partial charge in [0.15, 0.2) is 0 Å². The highest BCUT2D eigenvalue weighted by atomic mass is 35.5. The van der Waals surface area contributed by atoms with E-state index >= 15 is 0 Å². The lowest BCUT2D eigenvalue weighted by Gasteiger charge is -2.19. The fourth-order valence-electron chi connectivity index (χ4n) is 1.65. The number of nitrogens with zero attached hydrogens (tertiary/aromatic N) is 1. The van der Waals surface area contributed by atoms with E-state index in [1.54, 1.807) is 6.07 Å². The number of rotatable bonds is 2. The maximum Gasteiger partial charge on any atom is 0.238 e. The van der Waals surface area contributed by atoms with Crippen LogP contribution in [-0.2, 0) is 5.41 Å². The van der Waals surface area contributed by atoms with Crippen molar-refractivity contribution in [1.29, 1.82) is 0 Å². The summed E-state index contributed by atoms with van der Waals surface area (Å²) < 4.78 is 5.70. The Kier molecular flexibility index (Phi) is 3.67. The van der Waals surface area contributed by atoms with E-state index in [-0.39, 0.29) is 5.41 Å². The van der Waals surface area contributed by atoms with Crippen LogP contribution >= 0.6 is 11.6 Å². The maximum absolute atomic E-state index is 6.04. The summed E-state index contributed by atoms with van der Waals surface area (Å²) in [7, 11) is 0. The smallest absolute Gasteiger partial charge is 0.238 e. The van der Waals surface area contributed by atoms with Crippen LogP contribution in [0.15, 0.2) is 36.5 Å². The number of nitrogens with two attached hydrogens (primary N) is 1. The van der Waals surface area contributed by atoms with Crippen molar-refractivity contribution in [2.75, 3.05) is 5.73 Å². The predicted molar refractivity (Wildman–Crippen MR) is 78.9 cm³/mol. The first-order valence-electron chi connectivity index (χ1n) is 6.06. The van der Waals surface area contributed by atoms with Crippen molar-refractivity contribution in [2.24, 2.45) is 0 Å². The Morgan fingerprint density at radius 1 is 1.21 bits per heavy atom. The lowest BCUT2D eigenvalue weighted by Crippen LogP contribution is -2.10. The van der Waals surface area contributed by atoms with E-state index in [9.17, 15) is 0 Å². The Balaban J connectivity index is 2.29. The summed E-state index contributed by atoms with van der Waals surface area (Å²) in [5.74, 6) is 1.08. The van der Waals surface area contributed by atoms with E-state index < -0.39 is 0 Å². The molecule has 1 aromatic heterocycles. The molecule has 0 aliphatic rings. The molecule has 0 atom stereocenters. The number of aromatic nitrogens is 1. The van der Waals surface area contributed by atoms with E-state index in [0.717, 1.165) is 0 Å². The molecule has 0 aliphatic heterocycles. The third-order valence-electron chi connectivity index (χ3n) is 2.74. The lowest BCUT2D eigenvalue weighted by molar-refractivity contribution is 0.460. The van der Waals surface area contributed by atoms with E-state index in [1.807, 2.05) is 18.2 Å². The van der Waals surface area contributed by atoms with Crippen molar-refractivity contribution in [2.45, 2.75) is 26.2 Å². The summed E-state index contributed by atoms with van der Waals surface area (Å²) in [6.07, 6.45) is 1.52. The first-order valence-corrected chi connectivity index (χ1v) is 6.43. The molecule has 100 valence electrons. The molecular weight excluding hydrogens is 260 g/mol. The number of halogens is 1. The van der Waals surface area contributed by atoms with Crippen molar-refractivity contribution in [3.8, 4) is 11.6 Å². The van der Waals surface area contributed by atoms with E-state index in [0.29, 0.717) is 22.3 Å². The largest absolute Gasteiger partial charge is 0.438 e. The Bertz CT molecular complexity index is 591. The number of pyridine rings is 1. The summed E-state index contributed by atoms with van der Waals surface area (Å²) in [5.41, 5.74) is 7.37. The molecular formula is C15H17ClN2O. The van der Waals surface area contributed by atoms with Gasteiger partial charge in [-0.2, -0.15) is 0 Å². The molecule has 4 heteroatoms. The van der Waals surface area contributed by atoms with Crippen LogP contribution in [0.1, 0.15) is 26.3 Å². The van der Waals surface area contributed by atoms with Gasteiger partial charge in [0.25, 0.3) is 0 Å². The van der Waals surface area contributed by atoms with Gasteiger partial charge in [0, 0.05) is 0 Å². The van der Waals surface area contributed by atoms with Crippen molar-refractivity contribution in [3.05, 3.63) is 47.1 Å². The quantitative estimate of drug-likeness (QED) is 0.884. The fraction of sp³-hybridized carbons (Fsp3) is 0.267. The molecule has 1 heterocycles. The predicted octanol–water partition coefficient (Wildman–Crippen LogP) is 4.41. The molecule has 0 radical (unpaired) electrons. The third kappa shape index (κ3) is 3.38. The minimum absolute atomic E-state index is 0.0672. The Labute approximate surface area is 118 Å². The van der Waals surface area contributed by atoms with E-state index in [2.05, 4.69) is 31.8 Å². The first kappa shape index (κ1) is 13.7. The van der Waals surface area contributed by atoms with Gasteiger partial charge in [0.1, 0.15) is 10.8 Å². The number of benzene rings is 1. The fourth-order valence-corrected chi connectivity index (χ4v) is 1.87. The average Bonchev–Trinajstić information content (AvgIpc) is 2.32. The molecule has 2 N–H and O–H groups in total. The van der Waals surface area contributed by atoms with Gasteiger partial charge < -0.3 is 10.5 Å². The van der Waals surface area contributed by atoms with Gasteiger partial charge >= 0.3 is 0 Å². The molecule has 2 rings (SSSR count). The van der Waals surface area contributed by atoms with Crippen molar-refractivity contribution >= 4 is 17.3 Å². The zero-order valence-electron chi connectivity index (χ0n) is 11.3. The average molecular weight is 277 g/mol. The molecule has 0 saturated carbocycles. The van der Waals surface area contributed by atoms with E-state index in [4.69, 9.17) is 22.1 Å². The molecule has 19 heavy (non-hydrogen) atoms. The molecule has 3 nitrogen and oxygen atoms in total. The molecule has 0 unspecified atom stereocenters. The maximum atomic E-state index is 6.04. The van der Waals surface area contributed by atoms with Crippen LogP contribution in [0.4, 0.5) is 5.69 Å². The van der Waals surface area contributed by atoms with Gasteiger partial charge in [0.2, 0.25) is 5.88 Å². The summed E-state index contributed by atoms with van der Waals surface area (Å²) in [6.45, 7) is 6.46. The normalized spacial score (nSPS) is 11.4. The minimum Gasteiger partial charge on any atom is -0.438 e.